The van der Waals surface area contributed by atoms with E-state index in [2.05, 4.69) is 10.1 Å². The Morgan fingerprint density at radius 3 is 2.77 bits per heavy atom. The van der Waals surface area contributed by atoms with E-state index in [1.165, 1.54) is 11.8 Å². The van der Waals surface area contributed by atoms with E-state index in [0.29, 0.717) is 33.5 Å². The number of rotatable bonds is 5. The summed E-state index contributed by atoms with van der Waals surface area (Å²) >= 11 is 3.00. The van der Waals surface area contributed by atoms with Crippen molar-refractivity contribution < 1.29 is 4.52 Å². The van der Waals surface area contributed by atoms with Gasteiger partial charge in [-0.15, -0.1) is 0 Å². The zero-order chi connectivity index (χ0) is 21.4. The lowest BCUT2D eigenvalue weighted by Gasteiger charge is -2.16. The molecular formula is C23H18N4O2S2. The molecular weight excluding hydrogens is 428 g/mol. The number of hydrogen-bond donors (Lipinski definition) is 0. The number of nitrogens with zero attached hydrogens (tertiary/aromatic N) is 4. The molecule has 0 fully saturated rings. The topological polar surface area (TPSA) is 73.8 Å². The molecule has 0 N–H and O–H groups in total. The maximum Gasteiger partial charge on any atom is 0.266 e. The fourth-order valence-corrected chi connectivity index (χ4v) is 4.82. The van der Waals surface area contributed by atoms with Crippen LogP contribution in [0.4, 0.5) is 0 Å². The number of thiophene rings is 1. The second kappa shape index (κ2) is 8.13. The highest BCUT2D eigenvalue weighted by Gasteiger charge is 2.17. The van der Waals surface area contributed by atoms with Crippen molar-refractivity contribution in [2.75, 3.05) is 0 Å². The van der Waals surface area contributed by atoms with Crippen LogP contribution in [0, 0.1) is 13.8 Å². The van der Waals surface area contributed by atoms with E-state index in [4.69, 9.17) is 9.51 Å². The maximum atomic E-state index is 13.4. The van der Waals surface area contributed by atoms with Crippen LogP contribution < -0.4 is 5.56 Å². The number of benzene rings is 2. The molecule has 3 aromatic heterocycles. The summed E-state index contributed by atoms with van der Waals surface area (Å²) in [6.07, 6.45) is 0. The molecule has 0 radical (unpaired) electrons. The van der Waals surface area contributed by atoms with Crippen LogP contribution in [-0.4, -0.2) is 19.7 Å². The minimum atomic E-state index is -0.0890. The summed E-state index contributed by atoms with van der Waals surface area (Å²) in [5.41, 5.74) is 4.48. The largest absolute Gasteiger partial charge is 0.334 e. The van der Waals surface area contributed by atoms with Gasteiger partial charge < -0.3 is 4.52 Å². The molecule has 0 saturated heterocycles. The van der Waals surface area contributed by atoms with Crippen LogP contribution in [0.25, 0.3) is 28.0 Å². The molecule has 0 unspecified atom stereocenters. The minimum Gasteiger partial charge on any atom is -0.334 e. The van der Waals surface area contributed by atoms with Gasteiger partial charge in [0.2, 0.25) is 0 Å². The molecule has 0 saturated carbocycles. The quantitative estimate of drug-likeness (QED) is 0.266. The maximum absolute atomic E-state index is 13.4. The first kappa shape index (κ1) is 19.7. The highest BCUT2D eigenvalue weighted by Crippen LogP contribution is 2.27. The monoisotopic (exact) mass is 446 g/mol. The lowest BCUT2D eigenvalue weighted by Crippen LogP contribution is -2.22. The number of aromatic nitrogens is 4. The van der Waals surface area contributed by atoms with Crippen LogP contribution in [0.3, 0.4) is 0 Å². The summed E-state index contributed by atoms with van der Waals surface area (Å²) in [6.45, 7) is 4.06. The molecule has 2 aromatic carbocycles. The SMILES string of the molecule is Cc1cccc(-n2c(SCc3noc(-c4ccsc4)n3)nc3ccccc3c2=O)c1C. The normalized spacial score (nSPS) is 11.3. The van der Waals surface area contributed by atoms with Gasteiger partial charge >= 0.3 is 0 Å². The van der Waals surface area contributed by atoms with Gasteiger partial charge in [-0.3, -0.25) is 9.36 Å². The van der Waals surface area contributed by atoms with E-state index in [1.54, 1.807) is 15.9 Å². The molecule has 5 aromatic rings. The van der Waals surface area contributed by atoms with Gasteiger partial charge in [0.05, 0.1) is 27.9 Å². The summed E-state index contributed by atoms with van der Waals surface area (Å²) in [4.78, 5) is 22.7. The van der Waals surface area contributed by atoms with Crippen molar-refractivity contribution in [3.8, 4) is 17.1 Å². The number of thioether (sulfide) groups is 1. The molecule has 0 spiro atoms. The Balaban J connectivity index is 1.57. The van der Waals surface area contributed by atoms with Gasteiger partial charge in [-0.05, 0) is 54.6 Å². The predicted molar refractivity (Wildman–Crippen MR) is 124 cm³/mol. The van der Waals surface area contributed by atoms with Crippen LogP contribution in [0.5, 0.6) is 0 Å². The van der Waals surface area contributed by atoms with Crippen LogP contribution in [0.2, 0.25) is 0 Å². The van der Waals surface area contributed by atoms with E-state index < -0.39 is 0 Å². The number of para-hydroxylation sites is 1. The van der Waals surface area contributed by atoms with Crippen LogP contribution in [0.15, 0.2) is 73.8 Å². The highest BCUT2D eigenvalue weighted by molar-refractivity contribution is 7.98. The molecule has 0 amide bonds. The second-order valence-electron chi connectivity index (χ2n) is 7.09. The Morgan fingerprint density at radius 2 is 1.94 bits per heavy atom. The lowest BCUT2D eigenvalue weighted by atomic mass is 10.1. The molecule has 0 atom stereocenters. The Kier molecular flexibility index (Phi) is 5.17. The van der Waals surface area contributed by atoms with Gasteiger partial charge in [0, 0.05) is 5.38 Å². The Hall–Kier alpha value is -3.23. The van der Waals surface area contributed by atoms with Crippen molar-refractivity contribution in [1.29, 1.82) is 0 Å². The first-order valence-electron chi connectivity index (χ1n) is 9.68. The molecule has 154 valence electrons. The Bertz CT molecular complexity index is 1440. The first-order valence-corrected chi connectivity index (χ1v) is 11.6. The third-order valence-electron chi connectivity index (χ3n) is 5.13. The van der Waals surface area contributed by atoms with Crippen molar-refractivity contribution in [3.63, 3.8) is 0 Å². The first-order chi connectivity index (χ1) is 15.1. The summed E-state index contributed by atoms with van der Waals surface area (Å²) < 4.78 is 7.07. The van der Waals surface area contributed by atoms with Gasteiger partial charge in [0.15, 0.2) is 11.0 Å². The smallest absolute Gasteiger partial charge is 0.266 e. The number of hydrogen-bond acceptors (Lipinski definition) is 7. The van der Waals surface area contributed by atoms with Gasteiger partial charge in [0.25, 0.3) is 11.4 Å². The lowest BCUT2D eigenvalue weighted by molar-refractivity contribution is 0.425. The number of fused-ring (bicyclic) bond motifs is 1. The third kappa shape index (κ3) is 3.68. The summed E-state index contributed by atoms with van der Waals surface area (Å²) in [5.74, 6) is 1.49. The van der Waals surface area contributed by atoms with E-state index in [9.17, 15) is 4.79 Å². The van der Waals surface area contributed by atoms with Crippen molar-refractivity contribution in [2.45, 2.75) is 24.8 Å². The third-order valence-corrected chi connectivity index (χ3v) is 6.75. The van der Waals surface area contributed by atoms with Crippen molar-refractivity contribution in [2.24, 2.45) is 0 Å². The predicted octanol–water partition coefficient (Wildman–Crippen LogP) is 5.41. The average Bonchev–Trinajstić information content (AvgIpc) is 3.47. The second-order valence-corrected chi connectivity index (χ2v) is 8.81. The molecule has 0 aliphatic rings. The van der Waals surface area contributed by atoms with E-state index in [0.717, 1.165) is 22.4 Å². The Labute approximate surface area is 186 Å². The molecule has 0 aliphatic heterocycles. The van der Waals surface area contributed by atoms with Crippen LogP contribution in [-0.2, 0) is 5.75 Å². The van der Waals surface area contributed by atoms with Gasteiger partial charge in [-0.25, -0.2) is 4.98 Å². The van der Waals surface area contributed by atoms with Gasteiger partial charge in [-0.1, -0.05) is 41.2 Å². The highest BCUT2D eigenvalue weighted by atomic mass is 32.2. The van der Waals surface area contributed by atoms with E-state index >= 15 is 0 Å². The summed E-state index contributed by atoms with van der Waals surface area (Å²) in [6, 6.07) is 15.3. The van der Waals surface area contributed by atoms with Crippen LogP contribution >= 0.6 is 23.1 Å². The number of aryl methyl sites for hydroxylation is 1. The van der Waals surface area contributed by atoms with E-state index in [1.807, 2.05) is 73.1 Å². The zero-order valence-electron chi connectivity index (χ0n) is 16.9. The zero-order valence-corrected chi connectivity index (χ0v) is 18.5. The average molecular weight is 447 g/mol. The molecule has 8 heteroatoms. The molecule has 5 rings (SSSR count). The van der Waals surface area contributed by atoms with E-state index in [-0.39, 0.29) is 5.56 Å². The van der Waals surface area contributed by atoms with Gasteiger partial charge in [-0.2, -0.15) is 16.3 Å². The van der Waals surface area contributed by atoms with Crippen molar-refractivity contribution in [3.05, 3.63) is 86.6 Å². The molecule has 3 heterocycles. The molecule has 31 heavy (non-hydrogen) atoms. The molecule has 0 bridgehead atoms. The molecule has 0 aliphatic carbocycles. The van der Waals surface area contributed by atoms with Crippen LogP contribution in [0.1, 0.15) is 17.0 Å². The van der Waals surface area contributed by atoms with Gasteiger partial charge in [0.1, 0.15) is 0 Å². The Morgan fingerprint density at radius 1 is 1.06 bits per heavy atom. The standard InChI is InChI=1S/C23H18N4O2S2/c1-14-6-5-9-19(15(14)2)27-22(28)17-7-3-4-8-18(17)24-23(27)31-13-20-25-21(29-26-20)16-10-11-30-12-16/h3-12H,13H2,1-2H3. The summed E-state index contributed by atoms with van der Waals surface area (Å²) in [5, 5.41) is 9.21. The fraction of sp³-hybridized carbons (Fsp3) is 0.130. The minimum absolute atomic E-state index is 0.0890. The molecule has 6 nitrogen and oxygen atoms in total. The fourth-order valence-electron chi connectivity index (χ4n) is 3.34. The van der Waals surface area contributed by atoms with Crippen molar-refractivity contribution in [1.82, 2.24) is 19.7 Å². The van der Waals surface area contributed by atoms with Crippen molar-refractivity contribution >= 4 is 34.0 Å². The summed E-state index contributed by atoms with van der Waals surface area (Å²) in [7, 11) is 0.